The molecule has 2 aromatic rings. The minimum atomic E-state index is 0.646. The van der Waals surface area contributed by atoms with Crippen LogP contribution in [0.5, 0.6) is 0 Å². The van der Waals surface area contributed by atoms with Crippen LogP contribution in [0.2, 0.25) is 0 Å². The number of aromatic nitrogens is 1. The van der Waals surface area contributed by atoms with Crippen LogP contribution in [0.4, 0.5) is 0 Å². The Morgan fingerprint density at radius 2 is 2.21 bits per heavy atom. The Morgan fingerprint density at radius 3 is 3.00 bits per heavy atom. The summed E-state index contributed by atoms with van der Waals surface area (Å²) < 4.78 is 0. The quantitative estimate of drug-likeness (QED) is 0.879. The zero-order chi connectivity index (χ0) is 12.9. The van der Waals surface area contributed by atoms with Gasteiger partial charge in [0.15, 0.2) is 0 Å². The molecule has 1 fully saturated rings. The fourth-order valence-electron chi connectivity index (χ4n) is 2.41. The van der Waals surface area contributed by atoms with E-state index in [0.717, 1.165) is 23.8 Å². The molecule has 0 radical (unpaired) electrons. The minimum Gasteiger partial charge on any atom is -0.313 e. The first-order chi connectivity index (χ1) is 9.42. The fourth-order valence-corrected chi connectivity index (χ4v) is 3.23. The molecule has 1 saturated heterocycles. The molecule has 1 unspecified atom stereocenters. The third kappa shape index (κ3) is 3.41. The molecule has 0 bridgehead atoms. The highest BCUT2D eigenvalue weighted by molar-refractivity contribution is 7.13. The van der Waals surface area contributed by atoms with E-state index in [1.807, 2.05) is 6.07 Å². The van der Waals surface area contributed by atoms with Crippen molar-refractivity contribution in [1.82, 2.24) is 15.6 Å². The number of nitrogens with one attached hydrogen (secondary N) is 2. The number of nitrogens with zero attached hydrogens (tertiary/aromatic N) is 1. The second-order valence-corrected chi connectivity index (χ2v) is 5.79. The Labute approximate surface area is 118 Å². The van der Waals surface area contributed by atoms with E-state index in [1.54, 1.807) is 11.3 Å². The van der Waals surface area contributed by atoms with Gasteiger partial charge in [-0.3, -0.25) is 0 Å². The molecule has 1 atom stereocenters. The first-order valence-corrected chi connectivity index (χ1v) is 7.74. The lowest BCUT2D eigenvalue weighted by atomic mass is 10.2. The maximum Gasteiger partial charge on any atom is 0.123 e. The molecular formula is C15H19N3S. The summed E-state index contributed by atoms with van der Waals surface area (Å²) in [5, 5.41) is 10.2. The van der Waals surface area contributed by atoms with Gasteiger partial charge in [-0.05, 0) is 19.4 Å². The van der Waals surface area contributed by atoms with Crippen LogP contribution < -0.4 is 10.6 Å². The topological polar surface area (TPSA) is 37.0 Å². The van der Waals surface area contributed by atoms with Gasteiger partial charge in [0.1, 0.15) is 5.01 Å². The molecule has 100 valence electrons. The molecule has 2 heterocycles. The first-order valence-electron chi connectivity index (χ1n) is 6.86. The van der Waals surface area contributed by atoms with Gasteiger partial charge < -0.3 is 10.6 Å². The highest BCUT2D eigenvalue weighted by Crippen LogP contribution is 2.23. The molecule has 2 N–H and O–H groups in total. The van der Waals surface area contributed by atoms with Crippen molar-refractivity contribution >= 4 is 11.3 Å². The summed E-state index contributed by atoms with van der Waals surface area (Å²) in [4.78, 5) is 4.68. The molecule has 1 aromatic carbocycles. The summed E-state index contributed by atoms with van der Waals surface area (Å²) in [6.45, 7) is 3.07. The van der Waals surface area contributed by atoms with Crippen LogP contribution in [-0.2, 0) is 6.54 Å². The van der Waals surface area contributed by atoms with E-state index < -0.39 is 0 Å². The van der Waals surface area contributed by atoms with Crippen LogP contribution in [0.1, 0.15) is 18.5 Å². The van der Waals surface area contributed by atoms with Gasteiger partial charge >= 0.3 is 0 Å². The largest absolute Gasteiger partial charge is 0.313 e. The highest BCUT2D eigenvalue weighted by Gasteiger charge is 2.13. The van der Waals surface area contributed by atoms with Gasteiger partial charge in [0.2, 0.25) is 0 Å². The van der Waals surface area contributed by atoms with E-state index in [-0.39, 0.29) is 0 Å². The highest BCUT2D eigenvalue weighted by atomic mass is 32.1. The molecule has 1 aliphatic rings. The minimum absolute atomic E-state index is 0.646. The molecule has 3 rings (SSSR count). The molecular weight excluding hydrogens is 254 g/mol. The van der Waals surface area contributed by atoms with Crippen LogP contribution in [-0.4, -0.2) is 24.1 Å². The van der Waals surface area contributed by atoms with Gasteiger partial charge in [-0.2, -0.15) is 0 Å². The molecule has 19 heavy (non-hydrogen) atoms. The van der Waals surface area contributed by atoms with E-state index in [9.17, 15) is 0 Å². The molecule has 1 aromatic heterocycles. The summed E-state index contributed by atoms with van der Waals surface area (Å²) in [7, 11) is 0. The first kappa shape index (κ1) is 12.8. The second kappa shape index (κ2) is 6.28. The van der Waals surface area contributed by atoms with Gasteiger partial charge in [-0.1, -0.05) is 30.3 Å². The number of hydrogen-bond donors (Lipinski definition) is 2. The Morgan fingerprint density at radius 1 is 1.32 bits per heavy atom. The van der Waals surface area contributed by atoms with Crippen LogP contribution in [0.3, 0.4) is 0 Å². The van der Waals surface area contributed by atoms with Crippen molar-refractivity contribution in [3.63, 3.8) is 0 Å². The summed E-state index contributed by atoms with van der Waals surface area (Å²) in [6, 6.07) is 11.0. The zero-order valence-corrected chi connectivity index (χ0v) is 11.7. The molecule has 4 heteroatoms. The molecule has 0 saturated carbocycles. The number of hydrogen-bond acceptors (Lipinski definition) is 4. The van der Waals surface area contributed by atoms with Crippen molar-refractivity contribution in [1.29, 1.82) is 0 Å². The van der Waals surface area contributed by atoms with Crippen LogP contribution in [0.25, 0.3) is 10.6 Å². The summed E-state index contributed by atoms with van der Waals surface area (Å²) in [5.74, 6) is 0. The average Bonchev–Trinajstić information content (AvgIpc) is 3.11. The molecule has 0 amide bonds. The molecule has 0 aliphatic carbocycles. The Kier molecular flexibility index (Phi) is 4.23. The summed E-state index contributed by atoms with van der Waals surface area (Å²) >= 11 is 1.72. The average molecular weight is 273 g/mol. The normalized spacial score (nSPS) is 18.8. The van der Waals surface area contributed by atoms with E-state index >= 15 is 0 Å². The predicted octanol–water partition coefficient (Wildman–Crippen LogP) is 2.65. The lowest BCUT2D eigenvalue weighted by Crippen LogP contribution is -2.33. The van der Waals surface area contributed by atoms with Crippen molar-refractivity contribution in [3.05, 3.63) is 41.4 Å². The number of rotatable bonds is 5. The Balaban J connectivity index is 1.53. The van der Waals surface area contributed by atoms with Crippen LogP contribution in [0, 0.1) is 0 Å². The molecule has 1 aliphatic heterocycles. The Bertz CT molecular complexity index is 503. The third-order valence-corrected chi connectivity index (χ3v) is 4.37. The maximum absolute atomic E-state index is 4.68. The maximum atomic E-state index is 4.68. The lowest BCUT2D eigenvalue weighted by molar-refractivity contribution is 0.533. The van der Waals surface area contributed by atoms with Crippen molar-refractivity contribution in [2.75, 3.05) is 13.1 Å². The molecule has 0 spiro atoms. The molecule has 3 nitrogen and oxygen atoms in total. The van der Waals surface area contributed by atoms with Gasteiger partial charge in [-0.15, -0.1) is 11.3 Å². The smallest absolute Gasteiger partial charge is 0.123 e. The van der Waals surface area contributed by atoms with Crippen LogP contribution in [0.15, 0.2) is 35.7 Å². The zero-order valence-electron chi connectivity index (χ0n) is 10.9. The van der Waals surface area contributed by atoms with Crippen LogP contribution >= 0.6 is 11.3 Å². The van der Waals surface area contributed by atoms with Crippen molar-refractivity contribution in [2.45, 2.75) is 25.4 Å². The van der Waals surface area contributed by atoms with E-state index in [2.05, 4.69) is 45.3 Å². The standard InChI is InChI=1S/C15H19N3S/c1-2-5-12(6-3-1)15-18-14(11-19-15)10-16-9-13-7-4-8-17-13/h1-3,5-6,11,13,16-17H,4,7-10H2. The predicted molar refractivity (Wildman–Crippen MR) is 80.3 cm³/mol. The van der Waals surface area contributed by atoms with Gasteiger partial charge in [0.25, 0.3) is 0 Å². The van der Waals surface area contributed by atoms with E-state index in [0.29, 0.717) is 6.04 Å². The third-order valence-electron chi connectivity index (χ3n) is 3.43. The Hall–Kier alpha value is -1.23. The summed E-state index contributed by atoms with van der Waals surface area (Å²) in [5.41, 5.74) is 2.35. The number of benzene rings is 1. The monoisotopic (exact) mass is 273 g/mol. The van der Waals surface area contributed by atoms with Crippen molar-refractivity contribution in [2.24, 2.45) is 0 Å². The fraction of sp³-hybridized carbons (Fsp3) is 0.400. The summed E-state index contributed by atoms with van der Waals surface area (Å²) in [6.07, 6.45) is 2.60. The van der Waals surface area contributed by atoms with Crippen molar-refractivity contribution in [3.8, 4) is 10.6 Å². The lowest BCUT2D eigenvalue weighted by Gasteiger charge is -2.10. The SMILES string of the molecule is c1ccc(-c2nc(CNCC3CCCN3)cs2)cc1. The van der Waals surface area contributed by atoms with Gasteiger partial charge in [-0.25, -0.2) is 4.98 Å². The van der Waals surface area contributed by atoms with E-state index in [1.165, 1.54) is 24.9 Å². The van der Waals surface area contributed by atoms with Crippen molar-refractivity contribution < 1.29 is 0 Å². The second-order valence-electron chi connectivity index (χ2n) is 4.93. The van der Waals surface area contributed by atoms with Gasteiger partial charge in [0.05, 0.1) is 5.69 Å². The number of thiazole rings is 1. The van der Waals surface area contributed by atoms with Gasteiger partial charge in [0, 0.05) is 30.1 Å². The van der Waals surface area contributed by atoms with E-state index in [4.69, 9.17) is 0 Å².